The van der Waals surface area contributed by atoms with Gasteiger partial charge >= 0.3 is 6.03 Å². The van der Waals surface area contributed by atoms with Crippen LogP contribution >= 0.6 is 45.8 Å². The highest BCUT2D eigenvalue weighted by atomic mass is 127. The SMILES string of the molecule is O=C1N/C(=C\c2ccc(O)c(I)c2)C(=O)N1Cc1ccc(Cl)c(Cl)c1. The van der Waals surface area contributed by atoms with E-state index in [0.717, 1.165) is 4.90 Å². The number of hydrogen-bond donors (Lipinski definition) is 2. The molecule has 1 saturated heterocycles. The van der Waals surface area contributed by atoms with Crippen LogP contribution in [0.4, 0.5) is 4.79 Å². The Bertz CT molecular complexity index is 915. The molecule has 0 unspecified atom stereocenters. The van der Waals surface area contributed by atoms with Gasteiger partial charge in [-0.05, 0) is 64.1 Å². The van der Waals surface area contributed by atoms with Crippen molar-refractivity contribution in [1.29, 1.82) is 0 Å². The van der Waals surface area contributed by atoms with E-state index in [0.29, 0.717) is 24.7 Å². The van der Waals surface area contributed by atoms with Gasteiger partial charge in [0.25, 0.3) is 5.91 Å². The molecule has 128 valence electrons. The minimum atomic E-state index is -0.504. The fourth-order valence-electron chi connectivity index (χ4n) is 2.32. The number of hydrogen-bond acceptors (Lipinski definition) is 3. The van der Waals surface area contributed by atoms with E-state index in [1.54, 1.807) is 36.4 Å². The number of rotatable bonds is 3. The first-order valence-electron chi connectivity index (χ1n) is 7.12. The molecule has 5 nitrogen and oxygen atoms in total. The molecule has 1 heterocycles. The molecule has 1 aliphatic heterocycles. The molecule has 2 N–H and O–H groups in total. The summed E-state index contributed by atoms with van der Waals surface area (Å²) in [7, 11) is 0. The molecule has 25 heavy (non-hydrogen) atoms. The van der Waals surface area contributed by atoms with Crippen molar-refractivity contribution < 1.29 is 14.7 Å². The summed E-state index contributed by atoms with van der Waals surface area (Å²) in [5.41, 5.74) is 1.56. The predicted molar refractivity (Wildman–Crippen MR) is 104 cm³/mol. The molecule has 0 radical (unpaired) electrons. The summed E-state index contributed by atoms with van der Waals surface area (Å²) in [4.78, 5) is 25.7. The molecule has 0 aliphatic carbocycles. The van der Waals surface area contributed by atoms with Crippen LogP contribution in [0, 0.1) is 3.57 Å². The van der Waals surface area contributed by atoms with E-state index in [-0.39, 0.29) is 18.0 Å². The second-order valence-corrected chi connectivity index (χ2v) is 7.32. The third-order valence-corrected chi connectivity index (χ3v) is 5.17. The van der Waals surface area contributed by atoms with E-state index in [1.165, 1.54) is 6.07 Å². The number of phenols is 1. The van der Waals surface area contributed by atoms with Crippen molar-refractivity contribution in [3.05, 3.63) is 66.8 Å². The first kappa shape index (κ1) is 18.0. The summed E-state index contributed by atoms with van der Waals surface area (Å²) >= 11 is 13.8. The molecule has 3 rings (SSSR count). The summed E-state index contributed by atoms with van der Waals surface area (Å²) in [5, 5.41) is 12.9. The lowest BCUT2D eigenvalue weighted by Crippen LogP contribution is -2.30. The van der Waals surface area contributed by atoms with Gasteiger partial charge in [-0.3, -0.25) is 9.69 Å². The monoisotopic (exact) mass is 488 g/mol. The van der Waals surface area contributed by atoms with E-state index >= 15 is 0 Å². The van der Waals surface area contributed by atoms with Crippen LogP contribution in [0.2, 0.25) is 10.0 Å². The largest absolute Gasteiger partial charge is 0.507 e. The standard InChI is InChI=1S/C17H11Cl2IN2O3/c18-11-3-1-10(5-12(11)19)8-22-16(24)14(21-17(22)25)7-9-2-4-15(23)13(20)6-9/h1-7,23H,8H2,(H,21,25)/b14-7-. The van der Waals surface area contributed by atoms with Crippen molar-refractivity contribution in [2.45, 2.75) is 6.54 Å². The fraction of sp³-hybridized carbons (Fsp3) is 0.0588. The molecule has 0 spiro atoms. The van der Waals surface area contributed by atoms with E-state index in [4.69, 9.17) is 23.2 Å². The molecular weight excluding hydrogens is 478 g/mol. The summed E-state index contributed by atoms with van der Waals surface area (Å²) in [5.74, 6) is -0.273. The Morgan fingerprint density at radius 3 is 2.56 bits per heavy atom. The smallest absolute Gasteiger partial charge is 0.329 e. The molecule has 1 aliphatic rings. The zero-order chi connectivity index (χ0) is 18.1. The molecule has 0 bridgehead atoms. The van der Waals surface area contributed by atoms with Crippen molar-refractivity contribution in [3.63, 3.8) is 0 Å². The van der Waals surface area contributed by atoms with Crippen LogP contribution in [0.25, 0.3) is 6.08 Å². The van der Waals surface area contributed by atoms with Gasteiger partial charge < -0.3 is 10.4 Å². The quantitative estimate of drug-likeness (QED) is 0.382. The van der Waals surface area contributed by atoms with Crippen LogP contribution in [0.3, 0.4) is 0 Å². The molecule has 3 amide bonds. The Kier molecular flexibility index (Phi) is 5.21. The van der Waals surface area contributed by atoms with Crippen molar-refractivity contribution >= 4 is 63.8 Å². The molecule has 8 heteroatoms. The predicted octanol–water partition coefficient (Wildman–Crippen LogP) is 4.40. The van der Waals surface area contributed by atoms with Crippen LogP contribution in [-0.2, 0) is 11.3 Å². The van der Waals surface area contributed by atoms with E-state index in [9.17, 15) is 14.7 Å². The summed E-state index contributed by atoms with van der Waals surface area (Å²) < 4.78 is 0.649. The normalized spacial score (nSPS) is 15.8. The Hall–Kier alpha value is -1.77. The van der Waals surface area contributed by atoms with Gasteiger partial charge in [-0.2, -0.15) is 0 Å². The van der Waals surface area contributed by atoms with Gasteiger partial charge in [0, 0.05) is 0 Å². The third kappa shape index (κ3) is 3.91. The third-order valence-electron chi connectivity index (χ3n) is 3.57. The Labute approximate surface area is 167 Å². The van der Waals surface area contributed by atoms with Crippen molar-refractivity contribution in [1.82, 2.24) is 10.2 Å². The number of imide groups is 1. The van der Waals surface area contributed by atoms with Crippen molar-refractivity contribution in [3.8, 4) is 5.75 Å². The highest BCUT2D eigenvalue weighted by Crippen LogP contribution is 2.25. The summed E-state index contributed by atoms with van der Waals surface area (Å²) in [6.45, 7) is 0.0893. The van der Waals surface area contributed by atoms with Crippen LogP contribution < -0.4 is 5.32 Å². The van der Waals surface area contributed by atoms with Gasteiger partial charge in [0.1, 0.15) is 11.4 Å². The number of amides is 3. The van der Waals surface area contributed by atoms with Crippen LogP contribution in [0.15, 0.2) is 42.1 Å². The van der Waals surface area contributed by atoms with E-state index in [1.807, 2.05) is 22.6 Å². The van der Waals surface area contributed by atoms with Gasteiger partial charge in [0.15, 0.2) is 0 Å². The maximum absolute atomic E-state index is 12.5. The molecule has 0 aromatic heterocycles. The number of nitrogens with one attached hydrogen (secondary N) is 1. The number of benzene rings is 2. The highest BCUT2D eigenvalue weighted by molar-refractivity contribution is 14.1. The second-order valence-electron chi connectivity index (χ2n) is 5.34. The molecule has 1 fully saturated rings. The summed E-state index contributed by atoms with van der Waals surface area (Å²) in [6, 6.07) is 9.34. The second kappa shape index (κ2) is 7.23. The first-order chi connectivity index (χ1) is 11.8. The van der Waals surface area contributed by atoms with Crippen LogP contribution in [0.1, 0.15) is 11.1 Å². The first-order valence-corrected chi connectivity index (χ1v) is 8.95. The van der Waals surface area contributed by atoms with Crippen molar-refractivity contribution in [2.75, 3.05) is 0 Å². The zero-order valence-electron chi connectivity index (χ0n) is 12.6. The van der Waals surface area contributed by atoms with Gasteiger partial charge in [0.05, 0.1) is 20.2 Å². The van der Waals surface area contributed by atoms with Gasteiger partial charge in [-0.25, -0.2) is 4.79 Å². The minimum absolute atomic E-state index is 0.0893. The van der Waals surface area contributed by atoms with E-state index in [2.05, 4.69) is 5.32 Å². The summed E-state index contributed by atoms with van der Waals surface area (Å²) in [6.07, 6.45) is 1.57. The Morgan fingerprint density at radius 1 is 1.12 bits per heavy atom. The average molecular weight is 489 g/mol. The molecule has 0 atom stereocenters. The molecule has 2 aromatic rings. The fourth-order valence-corrected chi connectivity index (χ4v) is 3.18. The van der Waals surface area contributed by atoms with Crippen LogP contribution in [-0.4, -0.2) is 21.9 Å². The van der Waals surface area contributed by atoms with Crippen molar-refractivity contribution in [2.24, 2.45) is 0 Å². The number of carbonyl (C=O) groups is 2. The lowest BCUT2D eigenvalue weighted by Gasteiger charge is -2.12. The zero-order valence-corrected chi connectivity index (χ0v) is 16.3. The number of carbonyl (C=O) groups excluding carboxylic acids is 2. The Morgan fingerprint density at radius 2 is 1.88 bits per heavy atom. The molecule has 0 saturated carbocycles. The topological polar surface area (TPSA) is 69.6 Å². The Balaban J connectivity index is 1.83. The van der Waals surface area contributed by atoms with Gasteiger partial charge in [0.2, 0.25) is 0 Å². The maximum atomic E-state index is 12.5. The number of halogens is 3. The van der Waals surface area contributed by atoms with Crippen LogP contribution in [0.5, 0.6) is 5.75 Å². The van der Waals surface area contributed by atoms with Gasteiger partial charge in [-0.1, -0.05) is 35.3 Å². The number of urea groups is 1. The van der Waals surface area contributed by atoms with Gasteiger partial charge in [-0.15, -0.1) is 0 Å². The number of aromatic hydroxyl groups is 1. The number of phenolic OH excluding ortho intramolecular Hbond substituents is 1. The molecular formula is C17H11Cl2IN2O3. The lowest BCUT2D eigenvalue weighted by atomic mass is 10.1. The highest BCUT2D eigenvalue weighted by Gasteiger charge is 2.33. The maximum Gasteiger partial charge on any atom is 0.329 e. The minimum Gasteiger partial charge on any atom is -0.507 e. The average Bonchev–Trinajstić information content (AvgIpc) is 2.82. The van der Waals surface area contributed by atoms with E-state index < -0.39 is 11.9 Å². The number of nitrogens with zero attached hydrogens (tertiary/aromatic N) is 1. The lowest BCUT2D eigenvalue weighted by molar-refractivity contribution is -0.123. The molecule has 2 aromatic carbocycles.